The maximum atomic E-state index is 12.5. The first-order chi connectivity index (χ1) is 13.0. The number of aromatic nitrogens is 3. The smallest absolute Gasteiger partial charge is 0.246 e. The van der Waals surface area contributed by atoms with Crippen LogP contribution >= 0.6 is 11.6 Å². The van der Waals surface area contributed by atoms with Gasteiger partial charge in [0.1, 0.15) is 6.33 Å². The number of benzene rings is 2. The predicted molar refractivity (Wildman–Crippen MR) is 106 cm³/mol. The van der Waals surface area contributed by atoms with Crippen molar-refractivity contribution in [3.63, 3.8) is 0 Å². The van der Waals surface area contributed by atoms with E-state index in [1.54, 1.807) is 18.2 Å². The molecular formula is C19H21ClN4O2S. The molecule has 0 aliphatic carbocycles. The van der Waals surface area contributed by atoms with Crippen molar-refractivity contribution in [1.82, 2.24) is 14.8 Å². The van der Waals surface area contributed by atoms with E-state index in [4.69, 9.17) is 11.6 Å². The monoisotopic (exact) mass is 404 g/mol. The molecule has 6 nitrogen and oxygen atoms in total. The molecule has 1 N–H and O–H groups in total. The summed E-state index contributed by atoms with van der Waals surface area (Å²) >= 11 is 6.14. The standard InChI is InChI=1S/C19H21ClN4O2S/c1-2-3-6-15-9-11-17(12-10-15)27(25,26)23-19-21-14-24(22-19)13-16-7-4-5-8-18(16)20/h4-5,7-12,14H,2-3,6,13H2,1H3,(H,22,23). The van der Waals surface area contributed by atoms with Crippen molar-refractivity contribution < 1.29 is 8.42 Å². The number of unbranched alkanes of at least 4 members (excludes halogenated alkanes) is 1. The van der Waals surface area contributed by atoms with E-state index in [0.717, 1.165) is 30.4 Å². The van der Waals surface area contributed by atoms with E-state index >= 15 is 0 Å². The Hall–Kier alpha value is -2.38. The van der Waals surface area contributed by atoms with Gasteiger partial charge in [0.2, 0.25) is 0 Å². The summed E-state index contributed by atoms with van der Waals surface area (Å²) in [4.78, 5) is 4.21. The molecule has 3 rings (SSSR count). The third-order valence-electron chi connectivity index (χ3n) is 4.10. The van der Waals surface area contributed by atoms with Gasteiger partial charge in [0.15, 0.2) is 0 Å². The molecule has 27 heavy (non-hydrogen) atoms. The van der Waals surface area contributed by atoms with E-state index in [9.17, 15) is 8.42 Å². The first-order valence-corrected chi connectivity index (χ1v) is 10.6. The van der Waals surface area contributed by atoms with Crippen molar-refractivity contribution in [3.05, 3.63) is 71.0 Å². The van der Waals surface area contributed by atoms with Gasteiger partial charge in [0.25, 0.3) is 16.0 Å². The van der Waals surface area contributed by atoms with Gasteiger partial charge in [-0.1, -0.05) is 55.3 Å². The van der Waals surface area contributed by atoms with Crippen LogP contribution in [0.15, 0.2) is 59.8 Å². The number of nitrogens with one attached hydrogen (secondary N) is 1. The summed E-state index contributed by atoms with van der Waals surface area (Å²) in [5.74, 6) is 0.0251. The average molecular weight is 405 g/mol. The highest BCUT2D eigenvalue weighted by Gasteiger charge is 2.16. The van der Waals surface area contributed by atoms with Crippen LogP contribution in [0.2, 0.25) is 5.02 Å². The quantitative estimate of drug-likeness (QED) is 0.612. The predicted octanol–water partition coefficient (Wildman–Crippen LogP) is 4.12. The zero-order valence-corrected chi connectivity index (χ0v) is 16.5. The molecule has 0 bridgehead atoms. The molecule has 0 aliphatic rings. The van der Waals surface area contributed by atoms with Crippen LogP contribution in [0.5, 0.6) is 0 Å². The summed E-state index contributed by atoms with van der Waals surface area (Å²) in [6.07, 6.45) is 4.59. The Bertz CT molecular complexity index is 1000. The zero-order chi connectivity index (χ0) is 19.3. The number of aryl methyl sites for hydroxylation is 1. The lowest BCUT2D eigenvalue weighted by Gasteiger charge is -2.06. The van der Waals surface area contributed by atoms with Crippen LogP contribution < -0.4 is 4.72 Å². The number of nitrogens with zero attached hydrogens (tertiary/aromatic N) is 3. The fraction of sp³-hybridized carbons (Fsp3) is 0.263. The van der Waals surface area contributed by atoms with Crippen LogP contribution in [0.1, 0.15) is 30.9 Å². The summed E-state index contributed by atoms with van der Waals surface area (Å²) in [5, 5.41) is 4.80. The van der Waals surface area contributed by atoms with Crippen LogP contribution in [-0.4, -0.2) is 23.2 Å². The minimum absolute atomic E-state index is 0.0251. The van der Waals surface area contributed by atoms with Crippen LogP contribution in [0.25, 0.3) is 0 Å². The molecule has 2 aromatic carbocycles. The number of hydrogen-bond donors (Lipinski definition) is 1. The number of hydrogen-bond acceptors (Lipinski definition) is 4. The number of anilines is 1. The molecule has 0 radical (unpaired) electrons. The molecule has 1 heterocycles. The highest BCUT2D eigenvalue weighted by atomic mass is 35.5. The molecule has 0 amide bonds. The van der Waals surface area contributed by atoms with Gasteiger partial charge in [-0.3, -0.25) is 0 Å². The fourth-order valence-electron chi connectivity index (χ4n) is 2.61. The van der Waals surface area contributed by atoms with Crippen LogP contribution in [-0.2, 0) is 23.0 Å². The highest BCUT2D eigenvalue weighted by Crippen LogP contribution is 2.17. The lowest BCUT2D eigenvalue weighted by molar-refractivity contribution is 0.600. The fourth-order valence-corrected chi connectivity index (χ4v) is 3.76. The van der Waals surface area contributed by atoms with E-state index in [1.165, 1.54) is 11.0 Å². The minimum atomic E-state index is -3.73. The zero-order valence-electron chi connectivity index (χ0n) is 15.0. The molecule has 0 spiro atoms. The average Bonchev–Trinajstić information content (AvgIpc) is 3.08. The Morgan fingerprint density at radius 3 is 2.56 bits per heavy atom. The molecule has 3 aromatic rings. The Balaban J connectivity index is 1.69. The molecule has 142 valence electrons. The van der Waals surface area contributed by atoms with Gasteiger partial charge in [0.05, 0.1) is 11.4 Å². The van der Waals surface area contributed by atoms with Crippen molar-refractivity contribution in [1.29, 1.82) is 0 Å². The second kappa shape index (κ2) is 8.54. The lowest BCUT2D eigenvalue weighted by atomic mass is 10.1. The number of rotatable bonds is 8. The third-order valence-corrected chi connectivity index (χ3v) is 5.82. The van der Waals surface area contributed by atoms with Gasteiger partial charge in [-0.25, -0.2) is 17.8 Å². The van der Waals surface area contributed by atoms with Crippen molar-refractivity contribution in [2.75, 3.05) is 4.72 Å². The van der Waals surface area contributed by atoms with E-state index in [-0.39, 0.29) is 10.8 Å². The molecular weight excluding hydrogens is 384 g/mol. The third kappa shape index (κ3) is 5.08. The van der Waals surface area contributed by atoms with Crippen LogP contribution in [0, 0.1) is 0 Å². The SMILES string of the molecule is CCCCc1ccc(S(=O)(=O)Nc2ncn(Cc3ccccc3Cl)n2)cc1. The summed E-state index contributed by atoms with van der Waals surface area (Å²) in [6, 6.07) is 14.3. The number of sulfonamides is 1. The first-order valence-electron chi connectivity index (χ1n) is 8.72. The molecule has 1 aromatic heterocycles. The van der Waals surface area contributed by atoms with Gasteiger partial charge in [-0.2, -0.15) is 4.98 Å². The Morgan fingerprint density at radius 2 is 1.85 bits per heavy atom. The van der Waals surface area contributed by atoms with E-state index in [0.29, 0.717) is 11.6 Å². The maximum absolute atomic E-state index is 12.5. The molecule has 0 aliphatic heterocycles. The topological polar surface area (TPSA) is 76.9 Å². The summed E-state index contributed by atoms with van der Waals surface area (Å²) in [7, 11) is -3.73. The Labute approximate surface area is 164 Å². The van der Waals surface area contributed by atoms with Crippen LogP contribution in [0.3, 0.4) is 0 Å². The van der Waals surface area contributed by atoms with Crippen molar-refractivity contribution >= 4 is 27.6 Å². The first kappa shape index (κ1) is 19.4. The molecule has 0 fully saturated rings. The number of halogens is 1. The molecule has 8 heteroatoms. The van der Waals surface area contributed by atoms with Gasteiger partial charge >= 0.3 is 0 Å². The van der Waals surface area contributed by atoms with Crippen molar-refractivity contribution in [2.45, 2.75) is 37.6 Å². The summed E-state index contributed by atoms with van der Waals surface area (Å²) in [6.45, 7) is 2.53. The Kier molecular flexibility index (Phi) is 6.13. The molecule has 0 atom stereocenters. The van der Waals surface area contributed by atoms with Gasteiger partial charge in [-0.05, 0) is 42.2 Å². The van der Waals surface area contributed by atoms with Crippen molar-refractivity contribution in [3.8, 4) is 0 Å². The van der Waals surface area contributed by atoms with E-state index in [1.807, 2.05) is 30.3 Å². The van der Waals surface area contributed by atoms with Gasteiger partial charge < -0.3 is 0 Å². The van der Waals surface area contributed by atoms with Crippen molar-refractivity contribution in [2.24, 2.45) is 0 Å². The maximum Gasteiger partial charge on any atom is 0.264 e. The largest absolute Gasteiger partial charge is 0.264 e. The van der Waals surface area contributed by atoms with E-state index in [2.05, 4.69) is 21.7 Å². The molecule has 0 saturated heterocycles. The summed E-state index contributed by atoms with van der Waals surface area (Å²) in [5.41, 5.74) is 2.00. The second-order valence-corrected chi connectivity index (χ2v) is 8.30. The lowest BCUT2D eigenvalue weighted by Crippen LogP contribution is -2.14. The Morgan fingerprint density at radius 1 is 1.11 bits per heavy atom. The molecule has 0 unspecified atom stereocenters. The summed E-state index contributed by atoms with van der Waals surface area (Å²) < 4.78 is 29.0. The second-order valence-electron chi connectivity index (χ2n) is 6.21. The normalized spacial score (nSPS) is 11.5. The highest BCUT2D eigenvalue weighted by molar-refractivity contribution is 7.92. The van der Waals surface area contributed by atoms with Gasteiger partial charge in [-0.15, -0.1) is 5.10 Å². The van der Waals surface area contributed by atoms with Gasteiger partial charge in [0, 0.05) is 5.02 Å². The van der Waals surface area contributed by atoms with Crippen LogP contribution in [0.4, 0.5) is 5.95 Å². The van der Waals surface area contributed by atoms with E-state index < -0.39 is 10.0 Å². The molecule has 0 saturated carbocycles. The minimum Gasteiger partial charge on any atom is -0.246 e.